The predicted molar refractivity (Wildman–Crippen MR) is 98.5 cm³/mol. The summed E-state index contributed by atoms with van der Waals surface area (Å²) in [5.74, 6) is 0.764. The molecule has 0 aliphatic rings. The van der Waals surface area contributed by atoms with Gasteiger partial charge in [0.05, 0.1) is 0 Å². The number of nitrogens with one attached hydrogen (secondary N) is 1. The van der Waals surface area contributed by atoms with Gasteiger partial charge in [0.1, 0.15) is 5.75 Å². The van der Waals surface area contributed by atoms with Crippen LogP contribution in [0.25, 0.3) is 0 Å². The Bertz CT molecular complexity index is 699. The van der Waals surface area contributed by atoms with Crippen LogP contribution >= 0.6 is 27.5 Å². The molecule has 1 amide bonds. The number of halogens is 2. The summed E-state index contributed by atoms with van der Waals surface area (Å²) < 4.78 is 6.67. The van der Waals surface area contributed by atoms with Crippen LogP contribution < -0.4 is 10.1 Å². The van der Waals surface area contributed by atoms with Gasteiger partial charge in [0, 0.05) is 15.2 Å². The molecule has 0 fully saturated rings. The van der Waals surface area contributed by atoms with Gasteiger partial charge in [-0.2, -0.15) is 0 Å². The fraction of sp³-hybridized carbons (Fsp3) is 0.278. The van der Waals surface area contributed by atoms with Gasteiger partial charge < -0.3 is 10.1 Å². The first-order valence-electron chi connectivity index (χ1n) is 7.35. The predicted octanol–water partition coefficient (Wildman–Crippen LogP) is 5.55. The molecule has 2 aromatic carbocycles. The molecule has 23 heavy (non-hydrogen) atoms. The van der Waals surface area contributed by atoms with Crippen molar-refractivity contribution < 1.29 is 9.53 Å². The Morgan fingerprint density at radius 3 is 2.52 bits per heavy atom. The monoisotopic (exact) mass is 395 g/mol. The molecule has 0 bridgehead atoms. The van der Waals surface area contributed by atoms with Crippen molar-refractivity contribution in [1.29, 1.82) is 0 Å². The van der Waals surface area contributed by atoms with Crippen LogP contribution in [0.2, 0.25) is 5.02 Å². The van der Waals surface area contributed by atoms with Gasteiger partial charge in [0.25, 0.3) is 5.91 Å². The number of carbonyl (C=O) groups is 1. The Hall–Kier alpha value is -1.52. The van der Waals surface area contributed by atoms with E-state index in [2.05, 4.69) is 35.1 Å². The summed E-state index contributed by atoms with van der Waals surface area (Å²) in [5, 5.41) is 3.51. The highest BCUT2D eigenvalue weighted by molar-refractivity contribution is 9.10. The summed E-state index contributed by atoms with van der Waals surface area (Å²) in [7, 11) is 0. The normalized spacial score (nSPS) is 10.7. The molecule has 0 saturated carbocycles. The first-order chi connectivity index (χ1) is 10.9. The second-order valence-electron chi connectivity index (χ2n) is 5.64. The molecule has 0 aromatic heterocycles. The summed E-state index contributed by atoms with van der Waals surface area (Å²) in [6.07, 6.45) is 0. The van der Waals surface area contributed by atoms with E-state index in [0.717, 1.165) is 21.3 Å². The molecule has 0 unspecified atom stereocenters. The van der Waals surface area contributed by atoms with Gasteiger partial charge in [0.15, 0.2) is 6.61 Å². The molecule has 0 atom stereocenters. The van der Waals surface area contributed by atoms with Crippen molar-refractivity contribution >= 4 is 39.1 Å². The van der Waals surface area contributed by atoms with Crippen molar-refractivity contribution in [1.82, 2.24) is 0 Å². The van der Waals surface area contributed by atoms with Gasteiger partial charge >= 0.3 is 0 Å². The summed E-state index contributed by atoms with van der Waals surface area (Å²) in [4.78, 5) is 12.0. The standard InChI is InChI=1S/C18H19BrClNO2/c1-11(2)15-9-16(20)12(3)8-17(15)23-10-18(22)21-14-6-4-13(19)5-7-14/h4-9,11H,10H2,1-3H3,(H,21,22). The molecule has 2 rings (SSSR count). The van der Waals surface area contributed by atoms with Crippen molar-refractivity contribution in [2.75, 3.05) is 11.9 Å². The third-order valence-corrected chi connectivity index (χ3v) is 4.34. The average Bonchev–Trinajstić information content (AvgIpc) is 2.50. The molecular formula is C18H19BrClNO2. The lowest BCUT2D eigenvalue weighted by Crippen LogP contribution is -2.20. The molecule has 2 aromatic rings. The Morgan fingerprint density at radius 1 is 1.26 bits per heavy atom. The minimum Gasteiger partial charge on any atom is -0.483 e. The smallest absolute Gasteiger partial charge is 0.262 e. The number of ether oxygens (including phenoxy) is 1. The number of hydrogen-bond acceptors (Lipinski definition) is 2. The Labute approximate surface area is 150 Å². The zero-order valence-electron chi connectivity index (χ0n) is 13.3. The second kappa shape index (κ2) is 7.84. The number of hydrogen-bond donors (Lipinski definition) is 1. The van der Waals surface area contributed by atoms with E-state index >= 15 is 0 Å². The van der Waals surface area contributed by atoms with Crippen LogP contribution in [0, 0.1) is 6.92 Å². The molecule has 5 heteroatoms. The van der Waals surface area contributed by atoms with Crippen LogP contribution in [0.1, 0.15) is 30.9 Å². The van der Waals surface area contributed by atoms with Crippen molar-refractivity contribution in [3.8, 4) is 5.75 Å². The lowest BCUT2D eigenvalue weighted by atomic mass is 10.0. The molecule has 0 heterocycles. The number of amides is 1. The van der Waals surface area contributed by atoms with E-state index in [-0.39, 0.29) is 18.4 Å². The van der Waals surface area contributed by atoms with Crippen LogP contribution in [0.15, 0.2) is 40.9 Å². The van der Waals surface area contributed by atoms with E-state index in [0.29, 0.717) is 10.8 Å². The molecule has 122 valence electrons. The van der Waals surface area contributed by atoms with Crippen LogP contribution in [-0.4, -0.2) is 12.5 Å². The highest BCUT2D eigenvalue weighted by Crippen LogP contribution is 2.32. The SMILES string of the molecule is Cc1cc(OCC(=O)Nc2ccc(Br)cc2)c(C(C)C)cc1Cl. The van der Waals surface area contributed by atoms with E-state index in [9.17, 15) is 4.79 Å². The van der Waals surface area contributed by atoms with Crippen molar-refractivity contribution in [3.63, 3.8) is 0 Å². The molecule has 0 aliphatic carbocycles. The number of aryl methyl sites for hydroxylation is 1. The van der Waals surface area contributed by atoms with Crippen molar-refractivity contribution in [2.45, 2.75) is 26.7 Å². The van der Waals surface area contributed by atoms with Gasteiger partial charge in [-0.25, -0.2) is 0 Å². The second-order valence-corrected chi connectivity index (χ2v) is 6.96. The zero-order chi connectivity index (χ0) is 17.0. The topological polar surface area (TPSA) is 38.3 Å². The van der Waals surface area contributed by atoms with E-state index in [1.165, 1.54) is 0 Å². The molecule has 3 nitrogen and oxygen atoms in total. The average molecular weight is 397 g/mol. The molecular weight excluding hydrogens is 378 g/mol. The van der Waals surface area contributed by atoms with E-state index in [1.807, 2.05) is 43.3 Å². The van der Waals surface area contributed by atoms with Crippen LogP contribution in [-0.2, 0) is 4.79 Å². The number of carbonyl (C=O) groups excluding carboxylic acids is 1. The van der Waals surface area contributed by atoms with Crippen LogP contribution in [0.3, 0.4) is 0 Å². The largest absolute Gasteiger partial charge is 0.483 e. The number of rotatable bonds is 5. The lowest BCUT2D eigenvalue weighted by molar-refractivity contribution is -0.118. The summed E-state index contributed by atoms with van der Waals surface area (Å²) in [5.41, 5.74) is 2.66. The third-order valence-electron chi connectivity index (χ3n) is 3.40. The Morgan fingerprint density at radius 2 is 1.91 bits per heavy atom. The summed E-state index contributed by atoms with van der Waals surface area (Å²) in [6, 6.07) is 11.2. The Balaban J connectivity index is 2.04. The van der Waals surface area contributed by atoms with Gasteiger partial charge in [0.2, 0.25) is 0 Å². The number of anilines is 1. The maximum Gasteiger partial charge on any atom is 0.262 e. The summed E-state index contributed by atoms with van der Waals surface area (Å²) >= 11 is 9.53. The maximum absolute atomic E-state index is 12.0. The molecule has 0 radical (unpaired) electrons. The maximum atomic E-state index is 12.0. The first kappa shape index (κ1) is 17.8. The van der Waals surface area contributed by atoms with Crippen molar-refractivity contribution in [3.05, 3.63) is 57.0 Å². The molecule has 0 spiro atoms. The fourth-order valence-corrected chi connectivity index (χ4v) is 2.56. The fourth-order valence-electron chi connectivity index (χ4n) is 2.12. The van der Waals surface area contributed by atoms with Gasteiger partial charge in [-0.3, -0.25) is 4.79 Å². The highest BCUT2D eigenvalue weighted by Gasteiger charge is 2.12. The van der Waals surface area contributed by atoms with Gasteiger partial charge in [-0.05, 0) is 60.4 Å². The van der Waals surface area contributed by atoms with Gasteiger partial charge in [-0.1, -0.05) is 41.4 Å². The van der Waals surface area contributed by atoms with E-state index in [1.54, 1.807) is 0 Å². The first-order valence-corrected chi connectivity index (χ1v) is 8.52. The highest BCUT2D eigenvalue weighted by atomic mass is 79.9. The van der Waals surface area contributed by atoms with Gasteiger partial charge in [-0.15, -0.1) is 0 Å². The molecule has 1 N–H and O–H groups in total. The minimum absolute atomic E-state index is 0.0448. The number of benzene rings is 2. The van der Waals surface area contributed by atoms with Crippen LogP contribution in [0.5, 0.6) is 5.75 Å². The molecule has 0 saturated heterocycles. The quantitative estimate of drug-likeness (QED) is 0.719. The van der Waals surface area contributed by atoms with E-state index in [4.69, 9.17) is 16.3 Å². The lowest BCUT2D eigenvalue weighted by Gasteiger charge is -2.16. The third kappa shape index (κ3) is 4.98. The summed E-state index contributed by atoms with van der Waals surface area (Å²) in [6.45, 7) is 6.00. The Kier molecular flexibility index (Phi) is 6.08. The zero-order valence-corrected chi connectivity index (χ0v) is 15.7. The van der Waals surface area contributed by atoms with E-state index < -0.39 is 0 Å². The minimum atomic E-state index is -0.199. The van der Waals surface area contributed by atoms with Crippen molar-refractivity contribution in [2.24, 2.45) is 0 Å². The van der Waals surface area contributed by atoms with Crippen LogP contribution in [0.4, 0.5) is 5.69 Å². The molecule has 0 aliphatic heterocycles.